The van der Waals surface area contributed by atoms with Gasteiger partial charge in [0, 0.05) is 25.2 Å². The summed E-state index contributed by atoms with van der Waals surface area (Å²) in [5.74, 6) is -1.08. The molecule has 1 atom stereocenters. The molecule has 1 aromatic carbocycles. The van der Waals surface area contributed by atoms with Crippen molar-refractivity contribution >= 4 is 11.9 Å². The Morgan fingerprint density at radius 2 is 2.05 bits per heavy atom. The van der Waals surface area contributed by atoms with E-state index in [1.54, 1.807) is 6.07 Å². The molecule has 1 unspecified atom stereocenters. The molecule has 0 bridgehead atoms. The number of carboxylic acids is 1. The second-order valence-electron chi connectivity index (χ2n) is 5.08. The summed E-state index contributed by atoms with van der Waals surface area (Å²) in [7, 11) is 0. The van der Waals surface area contributed by atoms with E-state index in [1.165, 1.54) is 10.5 Å². The summed E-state index contributed by atoms with van der Waals surface area (Å²) in [5.41, 5.74) is 2.94. The molecule has 2 aliphatic heterocycles. The molecule has 100 valence electrons. The van der Waals surface area contributed by atoms with E-state index in [0.717, 1.165) is 25.1 Å². The predicted octanol–water partition coefficient (Wildman–Crippen LogP) is 0.979. The lowest BCUT2D eigenvalue weighted by atomic mass is 10.1. The van der Waals surface area contributed by atoms with Crippen LogP contribution in [0.15, 0.2) is 18.2 Å². The van der Waals surface area contributed by atoms with Crippen LogP contribution in [0.5, 0.6) is 0 Å². The summed E-state index contributed by atoms with van der Waals surface area (Å²) in [6, 6.07) is 4.97. The van der Waals surface area contributed by atoms with Crippen molar-refractivity contribution in [1.82, 2.24) is 10.2 Å². The van der Waals surface area contributed by atoms with Gasteiger partial charge < -0.3 is 15.3 Å². The van der Waals surface area contributed by atoms with Crippen molar-refractivity contribution in [2.45, 2.75) is 32.0 Å². The minimum Gasteiger partial charge on any atom is -0.480 e. The summed E-state index contributed by atoms with van der Waals surface area (Å²) < 4.78 is 0. The fraction of sp³-hybridized carbons (Fsp3) is 0.429. The van der Waals surface area contributed by atoms with Gasteiger partial charge in [-0.15, -0.1) is 0 Å². The lowest BCUT2D eigenvalue weighted by molar-refractivity contribution is -0.141. The lowest BCUT2D eigenvalue weighted by Gasteiger charge is -2.21. The smallest absolute Gasteiger partial charge is 0.326 e. The fourth-order valence-corrected chi connectivity index (χ4v) is 2.86. The summed E-state index contributed by atoms with van der Waals surface area (Å²) >= 11 is 0. The Hall–Kier alpha value is -1.88. The maximum absolute atomic E-state index is 12.4. The van der Waals surface area contributed by atoms with E-state index in [1.807, 2.05) is 12.1 Å². The van der Waals surface area contributed by atoms with Crippen molar-refractivity contribution in [1.29, 1.82) is 0 Å². The molecule has 0 saturated carbocycles. The van der Waals surface area contributed by atoms with Crippen LogP contribution in [0, 0.1) is 0 Å². The molecule has 1 amide bonds. The van der Waals surface area contributed by atoms with Crippen LogP contribution in [0.1, 0.15) is 34.3 Å². The fourth-order valence-electron chi connectivity index (χ4n) is 2.86. The number of fused-ring (bicyclic) bond motifs is 1. The van der Waals surface area contributed by atoms with Crippen LogP contribution < -0.4 is 5.32 Å². The van der Waals surface area contributed by atoms with Gasteiger partial charge >= 0.3 is 5.97 Å². The van der Waals surface area contributed by atoms with Crippen LogP contribution >= 0.6 is 0 Å². The van der Waals surface area contributed by atoms with Crippen LogP contribution in [-0.4, -0.2) is 34.5 Å². The molecule has 5 heteroatoms. The molecule has 1 fully saturated rings. The SMILES string of the molecule is O=C(O)C1CCCN1C(=O)c1ccc2c(c1)CNC2. The highest BCUT2D eigenvalue weighted by atomic mass is 16.4. The summed E-state index contributed by atoms with van der Waals surface area (Å²) in [4.78, 5) is 25.0. The van der Waals surface area contributed by atoms with Crippen LogP contribution in [0.25, 0.3) is 0 Å². The second-order valence-corrected chi connectivity index (χ2v) is 5.08. The topological polar surface area (TPSA) is 69.6 Å². The Bertz CT molecular complexity index is 541. The third-order valence-corrected chi connectivity index (χ3v) is 3.88. The van der Waals surface area contributed by atoms with E-state index in [4.69, 9.17) is 5.11 Å². The van der Waals surface area contributed by atoms with Crippen molar-refractivity contribution in [3.05, 3.63) is 34.9 Å². The van der Waals surface area contributed by atoms with Crippen LogP contribution in [0.4, 0.5) is 0 Å². The molecular weight excluding hydrogens is 244 g/mol. The first kappa shape index (κ1) is 12.2. The van der Waals surface area contributed by atoms with Gasteiger partial charge in [0.15, 0.2) is 0 Å². The zero-order chi connectivity index (χ0) is 13.4. The van der Waals surface area contributed by atoms with Crippen molar-refractivity contribution in [3.63, 3.8) is 0 Å². The first-order valence-electron chi connectivity index (χ1n) is 6.53. The Morgan fingerprint density at radius 1 is 1.26 bits per heavy atom. The third-order valence-electron chi connectivity index (χ3n) is 3.88. The number of amides is 1. The zero-order valence-corrected chi connectivity index (χ0v) is 10.6. The quantitative estimate of drug-likeness (QED) is 0.831. The first-order chi connectivity index (χ1) is 9.16. The minimum absolute atomic E-state index is 0.167. The van der Waals surface area contributed by atoms with Gasteiger partial charge in [-0.3, -0.25) is 4.79 Å². The number of aliphatic carboxylic acids is 1. The molecule has 0 aliphatic carbocycles. The zero-order valence-electron chi connectivity index (χ0n) is 10.6. The van der Waals surface area contributed by atoms with Crippen molar-refractivity contribution < 1.29 is 14.7 Å². The average Bonchev–Trinajstić information content (AvgIpc) is 3.05. The lowest BCUT2D eigenvalue weighted by Crippen LogP contribution is -2.40. The molecule has 2 N–H and O–H groups in total. The Kier molecular flexibility index (Phi) is 2.98. The van der Waals surface area contributed by atoms with Gasteiger partial charge in [0.2, 0.25) is 0 Å². The number of nitrogens with one attached hydrogen (secondary N) is 1. The molecule has 1 aromatic rings. The van der Waals surface area contributed by atoms with E-state index in [2.05, 4.69) is 5.32 Å². The Balaban J connectivity index is 1.85. The average molecular weight is 260 g/mol. The number of nitrogens with zero attached hydrogens (tertiary/aromatic N) is 1. The molecular formula is C14H16N2O3. The molecule has 2 aliphatic rings. The molecule has 3 rings (SSSR count). The van der Waals surface area contributed by atoms with Crippen LogP contribution in [0.3, 0.4) is 0 Å². The maximum Gasteiger partial charge on any atom is 0.326 e. The molecule has 5 nitrogen and oxygen atoms in total. The molecule has 19 heavy (non-hydrogen) atoms. The standard InChI is InChI=1S/C14H16N2O3/c17-13(16-5-1-2-12(16)14(18)19)9-3-4-10-7-15-8-11(10)6-9/h3-4,6,12,15H,1-2,5,7-8H2,(H,18,19). The maximum atomic E-state index is 12.4. The van der Waals surface area contributed by atoms with Gasteiger partial charge in [-0.2, -0.15) is 0 Å². The summed E-state index contributed by atoms with van der Waals surface area (Å²) in [5, 5.41) is 12.4. The van der Waals surface area contributed by atoms with Crippen molar-refractivity contribution in [2.75, 3.05) is 6.54 Å². The number of hydrogen-bond acceptors (Lipinski definition) is 3. The number of hydrogen-bond donors (Lipinski definition) is 2. The Labute approximate surface area is 111 Å². The van der Waals surface area contributed by atoms with Crippen LogP contribution in [-0.2, 0) is 17.9 Å². The molecule has 0 aromatic heterocycles. The molecule has 1 saturated heterocycles. The second kappa shape index (κ2) is 4.66. The van der Waals surface area contributed by atoms with Crippen molar-refractivity contribution in [2.24, 2.45) is 0 Å². The van der Waals surface area contributed by atoms with Gasteiger partial charge in [0.05, 0.1) is 0 Å². The highest BCUT2D eigenvalue weighted by Gasteiger charge is 2.34. The molecule has 0 radical (unpaired) electrons. The predicted molar refractivity (Wildman–Crippen MR) is 68.7 cm³/mol. The van der Waals surface area contributed by atoms with Crippen LogP contribution in [0.2, 0.25) is 0 Å². The van der Waals surface area contributed by atoms with Gasteiger partial charge in [-0.1, -0.05) is 6.07 Å². The number of benzene rings is 1. The third kappa shape index (κ3) is 2.10. The van der Waals surface area contributed by atoms with Gasteiger partial charge in [0.1, 0.15) is 6.04 Å². The Morgan fingerprint density at radius 3 is 2.84 bits per heavy atom. The van der Waals surface area contributed by atoms with E-state index >= 15 is 0 Å². The highest BCUT2D eigenvalue weighted by molar-refractivity contribution is 5.97. The number of rotatable bonds is 2. The van der Waals surface area contributed by atoms with E-state index in [0.29, 0.717) is 18.5 Å². The minimum atomic E-state index is -0.909. The van der Waals surface area contributed by atoms with Gasteiger partial charge in [-0.05, 0) is 36.1 Å². The number of carbonyl (C=O) groups excluding carboxylic acids is 1. The number of carbonyl (C=O) groups is 2. The molecule has 2 heterocycles. The summed E-state index contributed by atoms with van der Waals surface area (Å²) in [6.45, 7) is 2.15. The van der Waals surface area contributed by atoms with E-state index < -0.39 is 12.0 Å². The normalized spacial score (nSPS) is 21.5. The monoisotopic (exact) mass is 260 g/mol. The summed E-state index contributed by atoms with van der Waals surface area (Å²) in [6.07, 6.45) is 1.31. The van der Waals surface area contributed by atoms with E-state index in [-0.39, 0.29) is 5.91 Å². The van der Waals surface area contributed by atoms with Gasteiger partial charge in [0.25, 0.3) is 5.91 Å². The highest BCUT2D eigenvalue weighted by Crippen LogP contribution is 2.23. The van der Waals surface area contributed by atoms with Crippen molar-refractivity contribution in [3.8, 4) is 0 Å². The van der Waals surface area contributed by atoms with Gasteiger partial charge in [-0.25, -0.2) is 4.79 Å². The largest absolute Gasteiger partial charge is 0.480 e. The first-order valence-corrected chi connectivity index (χ1v) is 6.53. The number of carboxylic acid groups (broad SMARTS) is 1. The van der Waals surface area contributed by atoms with E-state index in [9.17, 15) is 9.59 Å². The number of likely N-dealkylation sites (tertiary alicyclic amines) is 1. The molecule has 0 spiro atoms.